The van der Waals surface area contributed by atoms with E-state index in [0.717, 1.165) is 94.2 Å². The molecular formula is C45H27N3O2. The van der Waals surface area contributed by atoms with E-state index >= 15 is 0 Å². The second-order valence-corrected chi connectivity index (χ2v) is 12.4. The maximum atomic E-state index is 6.69. The summed E-state index contributed by atoms with van der Waals surface area (Å²) in [5, 5.41) is 4.17. The number of aromatic nitrogens is 3. The van der Waals surface area contributed by atoms with Gasteiger partial charge in [-0.25, -0.2) is 9.97 Å². The first-order valence-electron chi connectivity index (χ1n) is 16.6. The third-order valence-electron chi connectivity index (χ3n) is 9.42. The van der Waals surface area contributed by atoms with Crippen LogP contribution in [0.15, 0.2) is 173 Å². The van der Waals surface area contributed by atoms with Crippen molar-refractivity contribution in [3.63, 3.8) is 0 Å². The topological polar surface area (TPSA) is 65.0 Å². The molecule has 0 N–H and O–H groups in total. The van der Waals surface area contributed by atoms with E-state index in [1.54, 1.807) is 0 Å². The number of furan rings is 2. The lowest BCUT2D eigenvalue weighted by Gasteiger charge is -2.12. The Morgan fingerprint density at radius 1 is 0.380 bits per heavy atom. The van der Waals surface area contributed by atoms with Crippen molar-refractivity contribution >= 4 is 43.9 Å². The lowest BCUT2D eigenvalue weighted by atomic mass is 9.96. The highest BCUT2D eigenvalue weighted by molar-refractivity contribution is 6.16. The van der Waals surface area contributed by atoms with Gasteiger partial charge in [0.1, 0.15) is 22.3 Å². The molecule has 10 aromatic rings. The number of para-hydroxylation sites is 2. The summed E-state index contributed by atoms with van der Waals surface area (Å²) < 4.78 is 12.8. The molecule has 4 heterocycles. The minimum Gasteiger partial charge on any atom is -0.456 e. The highest BCUT2D eigenvalue weighted by atomic mass is 16.3. The molecule has 0 unspecified atom stereocenters. The van der Waals surface area contributed by atoms with Gasteiger partial charge in [-0.1, -0.05) is 91.0 Å². The molecule has 4 aromatic heterocycles. The smallest absolute Gasteiger partial charge is 0.161 e. The SMILES string of the molecule is c1ccc(-c2cc(-c3cccc(-c4ccncc4)c3)nc(-c3ccc(-c4ccc5oc6ccccc6c5c4)c4oc5ccccc5c34)n2)cc1. The van der Waals surface area contributed by atoms with Crippen molar-refractivity contribution in [2.45, 2.75) is 0 Å². The molecule has 10 rings (SSSR count). The van der Waals surface area contributed by atoms with Gasteiger partial charge >= 0.3 is 0 Å². The fraction of sp³-hybridized carbons (Fsp3) is 0. The zero-order valence-corrected chi connectivity index (χ0v) is 26.7. The molecule has 50 heavy (non-hydrogen) atoms. The number of pyridine rings is 1. The van der Waals surface area contributed by atoms with Crippen LogP contribution in [0.3, 0.4) is 0 Å². The first kappa shape index (κ1) is 28.2. The van der Waals surface area contributed by atoms with E-state index in [1.807, 2.05) is 79.1 Å². The lowest BCUT2D eigenvalue weighted by Crippen LogP contribution is -1.97. The predicted molar refractivity (Wildman–Crippen MR) is 202 cm³/mol. The molecule has 234 valence electrons. The van der Waals surface area contributed by atoms with E-state index in [2.05, 4.69) is 89.9 Å². The minimum atomic E-state index is 0.634. The number of hydrogen-bond acceptors (Lipinski definition) is 5. The van der Waals surface area contributed by atoms with Crippen LogP contribution in [0.25, 0.3) is 100 Å². The van der Waals surface area contributed by atoms with Crippen LogP contribution >= 0.6 is 0 Å². The van der Waals surface area contributed by atoms with E-state index in [-0.39, 0.29) is 0 Å². The summed E-state index contributed by atoms with van der Waals surface area (Å²) in [6, 6.07) is 51.8. The van der Waals surface area contributed by atoms with Crippen LogP contribution < -0.4 is 0 Å². The van der Waals surface area contributed by atoms with E-state index in [0.29, 0.717) is 5.82 Å². The quantitative estimate of drug-likeness (QED) is 0.187. The molecule has 0 fully saturated rings. The first-order valence-corrected chi connectivity index (χ1v) is 16.6. The highest BCUT2D eigenvalue weighted by Crippen LogP contribution is 2.43. The Morgan fingerprint density at radius 3 is 1.88 bits per heavy atom. The standard InChI is InChI=1S/C45H27N3O2/c1-2-9-29(10-3-1)38-27-39(32-12-8-11-30(25-32)28-21-23-46-24-22-28)48-45(47-38)36-19-18-33(44-43(36)35-14-5-7-16-41(35)50-44)31-17-20-42-37(26-31)34-13-4-6-15-40(34)49-42/h1-27H. The van der Waals surface area contributed by atoms with Crippen molar-refractivity contribution in [2.75, 3.05) is 0 Å². The van der Waals surface area contributed by atoms with Crippen molar-refractivity contribution in [3.05, 3.63) is 164 Å². The van der Waals surface area contributed by atoms with Crippen LogP contribution in [0.4, 0.5) is 0 Å². The van der Waals surface area contributed by atoms with Gasteiger partial charge in [0.15, 0.2) is 5.82 Å². The van der Waals surface area contributed by atoms with Gasteiger partial charge in [0, 0.05) is 56.2 Å². The van der Waals surface area contributed by atoms with E-state index < -0.39 is 0 Å². The summed E-state index contributed by atoms with van der Waals surface area (Å²) >= 11 is 0. The maximum absolute atomic E-state index is 6.69. The molecule has 0 aliphatic carbocycles. The van der Waals surface area contributed by atoms with E-state index in [1.165, 1.54) is 0 Å². The summed E-state index contributed by atoms with van der Waals surface area (Å²) in [7, 11) is 0. The van der Waals surface area contributed by atoms with Crippen molar-refractivity contribution in [2.24, 2.45) is 0 Å². The van der Waals surface area contributed by atoms with Gasteiger partial charge in [-0.15, -0.1) is 0 Å². The second kappa shape index (κ2) is 11.4. The van der Waals surface area contributed by atoms with Crippen LogP contribution in [0, 0.1) is 0 Å². The Morgan fingerprint density at radius 2 is 1.04 bits per heavy atom. The molecule has 6 aromatic carbocycles. The molecule has 0 spiro atoms. The average Bonchev–Trinajstić information content (AvgIpc) is 3.77. The normalized spacial score (nSPS) is 11.6. The fourth-order valence-electron chi connectivity index (χ4n) is 7.01. The molecule has 0 saturated carbocycles. The van der Waals surface area contributed by atoms with Gasteiger partial charge in [-0.2, -0.15) is 0 Å². The summed E-state index contributed by atoms with van der Waals surface area (Å²) in [5.41, 5.74) is 12.2. The predicted octanol–water partition coefficient (Wildman–Crippen LogP) is 12.0. The van der Waals surface area contributed by atoms with Crippen molar-refractivity contribution in [1.29, 1.82) is 0 Å². The van der Waals surface area contributed by atoms with Crippen LogP contribution in [-0.4, -0.2) is 15.0 Å². The molecule has 0 aliphatic rings. The van der Waals surface area contributed by atoms with Crippen molar-refractivity contribution < 1.29 is 8.83 Å². The summed E-state index contributed by atoms with van der Waals surface area (Å²) in [5.74, 6) is 0.634. The van der Waals surface area contributed by atoms with Gasteiger partial charge < -0.3 is 8.83 Å². The zero-order chi connectivity index (χ0) is 33.0. The van der Waals surface area contributed by atoms with Gasteiger partial charge in [0.25, 0.3) is 0 Å². The van der Waals surface area contributed by atoms with Crippen LogP contribution in [0.2, 0.25) is 0 Å². The molecule has 0 atom stereocenters. The molecule has 0 radical (unpaired) electrons. The third kappa shape index (κ3) is 4.67. The van der Waals surface area contributed by atoms with Gasteiger partial charge in [-0.05, 0) is 77.4 Å². The van der Waals surface area contributed by atoms with E-state index in [4.69, 9.17) is 18.8 Å². The second-order valence-electron chi connectivity index (χ2n) is 12.4. The van der Waals surface area contributed by atoms with Gasteiger partial charge in [0.05, 0.1) is 11.4 Å². The Labute approximate surface area is 287 Å². The summed E-state index contributed by atoms with van der Waals surface area (Å²) in [4.78, 5) is 14.7. The maximum Gasteiger partial charge on any atom is 0.161 e. The monoisotopic (exact) mass is 641 g/mol. The van der Waals surface area contributed by atoms with Crippen LogP contribution in [0.1, 0.15) is 0 Å². The van der Waals surface area contributed by atoms with Gasteiger partial charge in [-0.3, -0.25) is 4.98 Å². The molecule has 5 heteroatoms. The zero-order valence-electron chi connectivity index (χ0n) is 26.7. The van der Waals surface area contributed by atoms with Gasteiger partial charge in [0.2, 0.25) is 0 Å². The number of rotatable bonds is 5. The van der Waals surface area contributed by atoms with Crippen molar-refractivity contribution in [3.8, 4) is 56.2 Å². The molecule has 0 aliphatic heterocycles. The Kier molecular flexibility index (Phi) is 6.42. The average molecular weight is 642 g/mol. The molecular weight excluding hydrogens is 615 g/mol. The van der Waals surface area contributed by atoms with E-state index in [9.17, 15) is 0 Å². The largest absolute Gasteiger partial charge is 0.456 e. The lowest BCUT2D eigenvalue weighted by molar-refractivity contribution is 0.668. The Hall–Kier alpha value is -6.85. The number of nitrogens with zero attached hydrogens (tertiary/aromatic N) is 3. The third-order valence-corrected chi connectivity index (χ3v) is 9.42. The fourth-order valence-corrected chi connectivity index (χ4v) is 7.01. The summed E-state index contributed by atoms with van der Waals surface area (Å²) in [6.07, 6.45) is 3.63. The van der Waals surface area contributed by atoms with Crippen molar-refractivity contribution in [1.82, 2.24) is 15.0 Å². The number of fused-ring (bicyclic) bond motifs is 6. The minimum absolute atomic E-state index is 0.634. The summed E-state index contributed by atoms with van der Waals surface area (Å²) in [6.45, 7) is 0. The molecule has 0 amide bonds. The molecule has 5 nitrogen and oxygen atoms in total. The molecule has 0 saturated heterocycles. The van der Waals surface area contributed by atoms with Crippen LogP contribution in [-0.2, 0) is 0 Å². The molecule has 0 bridgehead atoms. The first-order chi connectivity index (χ1) is 24.8. The number of benzene rings is 6. The Balaban J connectivity index is 1.20. The van der Waals surface area contributed by atoms with Crippen LogP contribution in [0.5, 0.6) is 0 Å². The Bertz CT molecular complexity index is 2870. The number of hydrogen-bond donors (Lipinski definition) is 0. The highest BCUT2D eigenvalue weighted by Gasteiger charge is 2.21.